The highest BCUT2D eigenvalue weighted by atomic mass is 16.5. The molecule has 0 aliphatic carbocycles. The molecule has 0 spiro atoms. The van der Waals surface area contributed by atoms with E-state index in [1.807, 2.05) is 30.3 Å². The fourth-order valence-electron chi connectivity index (χ4n) is 1.38. The van der Waals surface area contributed by atoms with Gasteiger partial charge >= 0.3 is 0 Å². The van der Waals surface area contributed by atoms with E-state index in [4.69, 9.17) is 10.00 Å². The van der Waals surface area contributed by atoms with Crippen LogP contribution in [-0.2, 0) is 11.3 Å². The maximum atomic E-state index is 11.3. The summed E-state index contributed by atoms with van der Waals surface area (Å²) in [5.74, 6) is 0.715. The van der Waals surface area contributed by atoms with E-state index in [1.54, 1.807) is 7.11 Å². The van der Waals surface area contributed by atoms with Gasteiger partial charge in [-0.25, -0.2) is 0 Å². The molecule has 0 aliphatic rings. The highest BCUT2D eigenvalue weighted by Gasteiger charge is 2.00. The number of benzene rings is 1. The zero-order valence-electron chi connectivity index (χ0n) is 10.4. The first-order valence-electron chi connectivity index (χ1n) is 5.73. The van der Waals surface area contributed by atoms with Crippen LogP contribution in [0.3, 0.4) is 0 Å². The molecular formula is C13H17N3O2. The number of methoxy groups -OCH3 is 1. The number of nitriles is 1. The van der Waals surface area contributed by atoms with Crippen molar-refractivity contribution in [2.45, 2.75) is 13.0 Å². The molecule has 1 rings (SSSR count). The molecule has 0 saturated carbocycles. The van der Waals surface area contributed by atoms with E-state index in [9.17, 15) is 4.79 Å². The van der Waals surface area contributed by atoms with Gasteiger partial charge in [-0.3, -0.25) is 4.79 Å². The molecule has 0 atom stereocenters. The predicted octanol–water partition coefficient (Wildman–Crippen LogP) is 0.815. The summed E-state index contributed by atoms with van der Waals surface area (Å²) < 4.78 is 5.06. The van der Waals surface area contributed by atoms with Crippen LogP contribution in [0, 0.1) is 11.3 Å². The highest BCUT2D eigenvalue weighted by molar-refractivity contribution is 5.77. The fourth-order valence-corrected chi connectivity index (χ4v) is 1.38. The Labute approximate surface area is 107 Å². The van der Waals surface area contributed by atoms with Gasteiger partial charge in [-0.2, -0.15) is 5.26 Å². The maximum absolute atomic E-state index is 11.3. The summed E-state index contributed by atoms with van der Waals surface area (Å²) in [5, 5.41) is 14.0. The number of carbonyl (C=O) groups is 1. The van der Waals surface area contributed by atoms with Crippen molar-refractivity contribution < 1.29 is 9.53 Å². The number of amides is 1. The standard InChI is InChI=1S/C13H17N3O2/c1-18-12-5-3-11(4-6-12)9-15-10-13(17)16-8-2-7-14/h3-6,15H,2,8-10H2,1H3,(H,16,17). The molecule has 0 unspecified atom stereocenters. The molecule has 0 radical (unpaired) electrons. The number of ether oxygens (including phenoxy) is 1. The third-order valence-electron chi connectivity index (χ3n) is 2.33. The van der Waals surface area contributed by atoms with E-state index in [2.05, 4.69) is 10.6 Å². The molecule has 1 aromatic rings. The summed E-state index contributed by atoms with van der Waals surface area (Å²) in [5.41, 5.74) is 1.08. The van der Waals surface area contributed by atoms with Gasteiger partial charge in [-0.15, -0.1) is 0 Å². The van der Waals surface area contributed by atoms with Crippen molar-refractivity contribution in [3.63, 3.8) is 0 Å². The van der Waals surface area contributed by atoms with Crippen LogP contribution < -0.4 is 15.4 Å². The number of nitrogens with zero attached hydrogens (tertiary/aromatic N) is 1. The lowest BCUT2D eigenvalue weighted by molar-refractivity contribution is -0.120. The van der Waals surface area contributed by atoms with Gasteiger partial charge < -0.3 is 15.4 Å². The van der Waals surface area contributed by atoms with Gasteiger partial charge in [0.15, 0.2) is 0 Å². The normalized spacial score (nSPS) is 9.56. The molecule has 5 heteroatoms. The lowest BCUT2D eigenvalue weighted by atomic mass is 10.2. The first kappa shape index (κ1) is 14.0. The Morgan fingerprint density at radius 2 is 2.11 bits per heavy atom. The second kappa shape index (κ2) is 8.09. The smallest absolute Gasteiger partial charge is 0.234 e. The zero-order chi connectivity index (χ0) is 13.2. The lowest BCUT2D eigenvalue weighted by Gasteiger charge is -2.06. The number of hydrogen-bond acceptors (Lipinski definition) is 4. The molecule has 0 aliphatic heterocycles. The number of rotatable bonds is 7. The summed E-state index contributed by atoms with van der Waals surface area (Å²) in [7, 11) is 1.62. The van der Waals surface area contributed by atoms with Crippen LogP contribution in [-0.4, -0.2) is 26.1 Å². The fraction of sp³-hybridized carbons (Fsp3) is 0.385. The molecular weight excluding hydrogens is 230 g/mol. The average molecular weight is 247 g/mol. The van der Waals surface area contributed by atoms with Crippen molar-refractivity contribution in [2.24, 2.45) is 0 Å². The summed E-state index contributed by atoms with van der Waals surface area (Å²) in [4.78, 5) is 11.3. The molecule has 0 aromatic heterocycles. The van der Waals surface area contributed by atoms with Gasteiger partial charge in [-0.05, 0) is 17.7 Å². The Bertz CT molecular complexity index is 409. The first-order chi connectivity index (χ1) is 8.76. The zero-order valence-corrected chi connectivity index (χ0v) is 10.4. The average Bonchev–Trinajstić information content (AvgIpc) is 2.40. The third kappa shape index (κ3) is 5.32. The van der Waals surface area contributed by atoms with E-state index in [1.165, 1.54) is 0 Å². The molecule has 0 bridgehead atoms. The van der Waals surface area contributed by atoms with E-state index in [-0.39, 0.29) is 12.5 Å². The molecule has 96 valence electrons. The van der Waals surface area contributed by atoms with E-state index < -0.39 is 0 Å². The number of carbonyl (C=O) groups excluding carboxylic acids is 1. The Morgan fingerprint density at radius 3 is 2.72 bits per heavy atom. The van der Waals surface area contributed by atoms with Crippen LogP contribution in [0.15, 0.2) is 24.3 Å². The van der Waals surface area contributed by atoms with Crippen molar-refractivity contribution in [3.8, 4) is 11.8 Å². The Morgan fingerprint density at radius 1 is 1.39 bits per heavy atom. The van der Waals surface area contributed by atoms with E-state index in [0.717, 1.165) is 11.3 Å². The Balaban J connectivity index is 2.20. The van der Waals surface area contributed by atoms with Crippen LogP contribution >= 0.6 is 0 Å². The second-order valence-electron chi connectivity index (χ2n) is 3.71. The lowest BCUT2D eigenvalue weighted by Crippen LogP contribution is -2.34. The van der Waals surface area contributed by atoms with Crippen LogP contribution in [0.1, 0.15) is 12.0 Å². The largest absolute Gasteiger partial charge is 0.497 e. The van der Waals surface area contributed by atoms with Crippen LogP contribution in [0.2, 0.25) is 0 Å². The van der Waals surface area contributed by atoms with Crippen LogP contribution in [0.4, 0.5) is 0 Å². The van der Waals surface area contributed by atoms with Crippen molar-refractivity contribution in [1.82, 2.24) is 10.6 Å². The summed E-state index contributed by atoms with van der Waals surface area (Å²) in [6.07, 6.45) is 0.338. The van der Waals surface area contributed by atoms with Crippen LogP contribution in [0.5, 0.6) is 5.75 Å². The monoisotopic (exact) mass is 247 g/mol. The second-order valence-corrected chi connectivity index (χ2v) is 3.71. The van der Waals surface area contributed by atoms with Crippen LogP contribution in [0.25, 0.3) is 0 Å². The number of hydrogen-bond donors (Lipinski definition) is 2. The summed E-state index contributed by atoms with van der Waals surface area (Å²) >= 11 is 0. The minimum Gasteiger partial charge on any atom is -0.497 e. The topological polar surface area (TPSA) is 74.2 Å². The van der Waals surface area contributed by atoms with Crippen molar-refractivity contribution in [3.05, 3.63) is 29.8 Å². The molecule has 1 aromatic carbocycles. The van der Waals surface area contributed by atoms with E-state index >= 15 is 0 Å². The summed E-state index contributed by atoms with van der Waals surface area (Å²) in [6, 6.07) is 9.61. The molecule has 0 saturated heterocycles. The molecule has 18 heavy (non-hydrogen) atoms. The molecule has 0 heterocycles. The quantitative estimate of drug-likeness (QED) is 0.699. The van der Waals surface area contributed by atoms with Gasteiger partial charge in [0.05, 0.1) is 26.1 Å². The molecule has 0 fully saturated rings. The van der Waals surface area contributed by atoms with Gasteiger partial charge in [0.2, 0.25) is 5.91 Å². The number of nitrogens with one attached hydrogen (secondary N) is 2. The molecule has 1 amide bonds. The Kier molecular flexibility index (Phi) is 6.30. The van der Waals surface area contributed by atoms with Crippen molar-refractivity contribution >= 4 is 5.91 Å². The molecule has 5 nitrogen and oxygen atoms in total. The SMILES string of the molecule is COc1ccc(CNCC(=O)NCCC#N)cc1. The summed E-state index contributed by atoms with van der Waals surface area (Å²) in [6.45, 7) is 1.27. The predicted molar refractivity (Wildman–Crippen MR) is 67.9 cm³/mol. The van der Waals surface area contributed by atoms with Gasteiger partial charge in [0.1, 0.15) is 5.75 Å². The minimum atomic E-state index is -0.0984. The Hall–Kier alpha value is -2.06. The maximum Gasteiger partial charge on any atom is 0.234 e. The van der Waals surface area contributed by atoms with Gasteiger partial charge in [-0.1, -0.05) is 12.1 Å². The van der Waals surface area contributed by atoms with E-state index in [0.29, 0.717) is 19.5 Å². The molecule has 2 N–H and O–H groups in total. The third-order valence-corrected chi connectivity index (χ3v) is 2.33. The first-order valence-corrected chi connectivity index (χ1v) is 5.73. The van der Waals surface area contributed by atoms with Gasteiger partial charge in [0, 0.05) is 13.1 Å². The highest BCUT2D eigenvalue weighted by Crippen LogP contribution is 2.10. The van der Waals surface area contributed by atoms with Crippen molar-refractivity contribution in [2.75, 3.05) is 20.2 Å². The minimum absolute atomic E-state index is 0.0984. The van der Waals surface area contributed by atoms with Crippen molar-refractivity contribution in [1.29, 1.82) is 5.26 Å². The van der Waals surface area contributed by atoms with Gasteiger partial charge in [0.25, 0.3) is 0 Å².